The maximum atomic E-state index is 11.9. The lowest BCUT2D eigenvalue weighted by Gasteiger charge is -1.98. The van der Waals surface area contributed by atoms with Crippen molar-refractivity contribution in [2.75, 3.05) is 0 Å². The number of aromatic nitrogens is 1. The fraction of sp³-hybridized carbons (Fsp3) is 0.0833. The molecule has 1 N–H and O–H groups in total. The van der Waals surface area contributed by atoms with E-state index in [4.69, 9.17) is 5.11 Å². The topological polar surface area (TPSA) is 96.7 Å². The first-order chi connectivity index (χ1) is 9.88. The lowest BCUT2D eigenvalue weighted by Crippen LogP contribution is -1.94. The van der Waals surface area contributed by atoms with Gasteiger partial charge in [0.1, 0.15) is 9.92 Å². The summed E-state index contributed by atoms with van der Waals surface area (Å²) in [5.74, 6) is -1.04. The Morgan fingerprint density at radius 2 is 2.05 bits per heavy atom. The van der Waals surface area contributed by atoms with Crippen molar-refractivity contribution in [2.45, 2.75) is 16.2 Å². The van der Waals surface area contributed by atoms with Gasteiger partial charge in [-0.05, 0) is 24.8 Å². The molecule has 0 radical (unpaired) electrons. The van der Waals surface area contributed by atoms with Gasteiger partial charge in [0.25, 0.3) is 10.0 Å². The van der Waals surface area contributed by atoms with Crippen molar-refractivity contribution >= 4 is 44.1 Å². The van der Waals surface area contributed by atoms with Gasteiger partial charge in [0.2, 0.25) is 0 Å². The first-order valence-electron chi connectivity index (χ1n) is 5.71. The molecule has 3 rings (SSSR count). The minimum atomic E-state index is -3.67. The predicted octanol–water partition coefficient (Wildman–Crippen LogP) is 2.39. The van der Waals surface area contributed by atoms with Crippen molar-refractivity contribution < 1.29 is 18.3 Å². The molecule has 9 heteroatoms. The molecule has 0 saturated carbocycles. The van der Waals surface area contributed by atoms with Crippen LogP contribution in [0.4, 0.5) is 0 Å². The van der Waals surface area contributed by atoms with Crippen molar-refractivity contribution in [1.82, 2.24) is 4.98 Å². The quantitative estimate of drug-likeness (QED) is 0.901. The van der Waals surface area contributed by atoms with E-state index < -0.39 is 16.0 Å². The molecule has 1 aromatic heterocycles. The SMILES string of the molecule is Cc1nc(SC2=NS(=O)(=O)c3ccccc32)sc1C(=O)O. The highest BCUT2D eigenvalue weighted by Gasteiger charge is 2.29. The highest BCUT2D eigenvalue weighted by molar-refractivity contribution is 8.16. The largest absolute Gasteiger partial charge is 0.477 e. The number of carboxylic acids is 1. The summed E-state index contributed by atoms with van der Waals surface area (Å²) in [6, 6.07) is 6.53. The number of sulfonamides is 1. The maximum Gasteiger partial charge on any atom is 0.347 e. The zero-order valence-corrected chi connectivity index (χ0v) is 13.1. The third-order valence-electron chi connectivity index (χ3n) is 2.75. The first-order valence-corrected chi connectivity index (χ1v) is 8.79. The molecular formula is C12H8N2O4S3. The Kier molecular flexibility index (Phi) is 3.34. The lowest BCUT2D eigenvalue weighted by atomic mass is 10.2. The third-order valence-corrected chi connectivity index (χ3v) is 6.41. The summed E-state index contributed by atoms with van der Waals surface area (Å²) in [7, 11) is -3.67. The van der Waals surface area contributed by atoms with Gasteiger partial charge in [-0.3, -0.25) is 0 Å². The van der Waals surface area contributed by atoms with Crippen LogP contribution in [0.5, 0.6) is 0 Å². The van der Waals surface area contributed by atoms with Crippen LogP contribution in [-0.4, -0.2) is 29.5 Å². The zero-order valence-electron chi connectivity index (χ0n) is 10.6. The van der Waals surface area contributed by atoms with E-state index in [0.29, 0.717) is 20.6 Å². The predicted molar refractivity (Wildman–Crippen MR) is 79.8 cm³/mol. The Labute approximate surface area is 128 Å². The smallest absolute Gasteiger partial charge is 0.347 e. The Morgan fingerprint density at radius 1 is 1.33 bits per heavy atom. The van der Waals surface area contributed by atoms with E-state index in [1.165, 1.54) is 6.07 Å². The summed E-state index contributed by atoms with van der Waals surface area (Å²) in [5.41, 5.74) is 0.928. The molecule has 21 heavy (non-hydrogen) atoms. The van der Waals surface area contributed by atoms with Gasteiger partial charge in [0.05, 0.1) is 10.6 Å². The number of carboxylic acid groups (broad SMARTS) is 1. The van der Waals surface area contributed by atoms with Crippen molar-refractivity contribution in [2.24, 2.45) is 4.40 Å². The number of thiazole rings is 1. The molecule has 2 heterocycles. The van der Waals surface area contributed by atoms with Crippen LogP contribution in [0.1, 0.15) is 20.9 Å². The van der Waals surface area contributed by atoms with Crippen LogP contribution in [0, 0.1) is 6.92 Å². The molecular weight excluding hydrogens is 332 g/mol. The Morgan fingerprint density at radius 3 is 2.71 bits per heavy atom. The van der Waals surface area contributed by atoms with Crippen LogP contribution in [0.15, 0.2) is 37.9 Å². The van der Waals surface area contributed by atoms with E-state index in [1.54, 1.807) is 25.1 Å². The summed E-state index contributed by atoms with van der Waals surface area (Å²) in [6.07, 6.45) is 0. The third kappa shape index (κ3) is 2.47. The minimum Gasteiger partial charge on any atom is -0.477 e. The first kappa shape index (κ1) is 14.2. The molecule has 0 saturated heterocycles. The summed E-state index contributed by atoms with van der Waals surface area (Å²) in [6.45, 7) is 1.60. The van der Waals surface area contributed by atoms with Crippen LogP contribution >= 0.6 is 23.1 Å². The van der Waals surface area contributed by atoms with Crippen LogP contribution in [0.3, 0.4) is 0 Å². The molecule has 0 aliphatic carbocycles. The average molecular weight is 340 g/mol. The fourth-order valence-corrected chi connectivity index (χ4v) is 5.39. The van der Waals surface area contributed by atoms with Gasteiger partial charge in [0.15, 0.2) is 4.34 Å². The van der Waals surface area contributed by atoms with Gasteiger partial charge >= 0.3 is 5.97 Å². The number of rotatable bonds is 2. The zero-order chi connectivity index (χ0) is 15.2. The fourth-order valence-electron chi connectivity index (χ4n) is 1.85. The molecule has 1 aliphatic heterocycles. The van der Waals surface area contributed by atoms with Crippen molar-refractivity contribution in [3.63, 3.8) is 0 Å². The second-order valence-electron chi connectivity index (χ2n) is 4.17. The Hall–Kier alpha value is -1.71. The molecule has 2 aromatic rings. The number of hydrogen-bond donors (Lipinski definition) is 1. The molecule has 0 amide bonds. The molecule has 1 aromatic carbocycles. The molecule has 0 bridgehead atoms. The van der Waals surface area contributed by atoms with E-state index >= 15 is 0 Å². The van der Waals surface area contributed by atoms with Crippen LogP contribution in [0.2, 0.25) is 0 Å². The summed E-state index contributed by atoms with van der Waals surface area (Å²) in [5, 5.41) is 9.33. The van der Waals surface area contributed by atoms with Crippen LogP contribution in [-0.2, 0) is 10.0 Å². The number of hydrogen-bond acceptors (Lipinski definition) is 6. The van der Waals surface area contributed by atoms with Crippen LogP contribution < -0.4 is 0 Å². The van der Waals surface area contributed by atoms with E-state index in [0.717, 1.165) is 23.1 Å². The second-order valence-corrected chi connectivity index (χ2v) is 7.98. The summed E-state index contributed by atoms with van der Waals surface area (Å²) >= 11 is 2.07. The van der Waals surface area contributed by atoms with E-state index in [9.17, 15) is 13.2 Å². The Balaban J connectivity index is 2.00. The highest BCUT2D eigenvalue weighted by atomic mass is 32.2. The number of nitrogens with zero attached hydrogens (tertiary/aromatic N) is 2. The van der Waals surface area contributed by atoms with Crippen molar-refractivity contribution in [3.05, 3.63) is 40.4 Å². The van der Waals surface area contributed by atoms with Gasteiger partial charge in [-0.2, -0.15) is 12.8 Å². The molecule has 0 unspecified atom stereocenters. The number of aryl methyl sites for hydroxylation is 1. The minimum absolute atomic E-state index is 0.146. The van der Waals surface area contributed by atoms with Crippen LogP contribution in [0.25, 0.3) is 0 Å². The maximum absolute atomic E-state index is 11.9. The van der Waals surface area contributed by atoms with E-state index in [2.05, 4.69) is 9.38 Å². The average Bonchev–Trinajstić information content (AvgIpc) is 2.89. The van der Waals surface area contributed by atoms with Gasteiger partial charge in [-0.15, -0.1) is 0 Å². The molecule has 108 valence electrons. The highest BCUT2D eigenvalue weighted by Crippen LogP contribution is 2.36. The van der Waals surface area contributed by atoms with Gasteiger partial charge in [0, 0.05) is 5.56 Å². The number of carbonyl (C=O) groups is 1. The van der Waals surface area contributed by atoms with Crippen molar-refractivity contribution in [3.8, 4) is 0 Å². The number of thioether (sulfide) groups is 1. The van der Waals surface area contributed by atoms with E-state index in [1.807, 2.05) is 0 Å². The summed E-state index contributed by atoms with van der Waals surface area (Å²) in [4.78, 5) is 15.5. The normalized spacial score (nSPS) is 15.6. The Bertz CT molecular complexity index is 884. The lowest BCUT2D eigenvalue weighted by molar-refractivity contribution is 0.0701. The monoisotopic (exact) mass is 340 g/mol. The summed E-state index contributed by atoms with van der Waals surface area (Å²) < 4.78 is 28.0. The standard InChI is InChI=1S/C12H8N2O4S3/c1-6-9(11(15)16)19-12(13-6)20-10-7-4-2-3-5-8(7)21(17,18)14-10/h2-5H,1H3,(H,15,16). The molecule has 1 aliphatic rings. The molecule has 6 nitrogen and oxygen atoms in total. The van der Waals surface area contributed by atoms with Gasteiger partial charge < -0.3 is 5.11 Å². The van der Waals surface area contributed by atoms with Gasteiger partial charge in [-0.25, -0.2) is 9.78 Å². The number of aromatic carboxylic acids is 1. The van der Waals surface area contributed by atoms with E-state index in [-0.39, 0.29) is 9.77 Å². The molecule has 0 atom stereocenters. The second kappa shape index (κ2) is 4.93. The number of fused-ring (bicyclic) bond motifs is 1. The van der Waals surface area contributed by atoms with Gasteiger partial charge in [-0.1, -0.05) is 29.5 Å². The molecule has 0 spiro atoms. The van der Waals surface area contributed by atoms with Crippen molar-refractivity contribution in [1.29, 1.82) is 0 Å². The molecule has 0 fully saturated rings. The number of benzene rings is 1.